The highest BCUT2D eigenvalue weighted by atomic mass is 35.5. The molecule has 9 nitrogen and oxygen atoms in total. The van der Waals surface area contributed by atoms with Crippen LogP contribution >= 0.6 is 23.2 Å². The zero-order valence-corrected chi connectivity index (χ0v) is 20.2. The second-order valence-electron chi connectivity index (χ2n) is 8.76. The number of quaternary nitrogens is 1. The summed E-state index contributed by atoms with van der Waals surface area (Å²) in [7, 11) is 0. The molecule has 3 aliphatic rings. The minimum Gasteiger partial charge on any atom is -0.319 e. The van der Waals surface area contributed by atoms with Gasteiger partial charge in [-0.2, -0.15) is 5.26 Å². The van der Waals surface area contributed by atoms with Gasteiger partial charge in [0.15, 0.2) is 0 Å². The number of halogens is 2. The Bertz CT molecular complexity index is 1130. The van der Waals surface area contributed by atoms with Gasteiger partial charge >= 0.3 is 0 Å². The number of fused-ring (bicyclic) bond motifs is 3. The lowest BCUT2D eigenvalue weighted by atomic mass is 10.1. The van der Waals surface area contributed by atoms with Crippen LogP contribution in [-0.4, -0.2) is 73.2 Å². The van der Waals surface area contributed by atoms with Gasteiger partial charge in [-0.25, -0.2) is 0 Å². The fourth-order valence-corrected chi connectivity index (χ4v) is 5.00. The largest absolute Gasteiger partial charge is 0.319 e. The summed E-state index contributed by atoms with van der Waals surface area (Å²) in [6.45, 7) is 10.6. The molecular formula is C23H26Cl2N7O2+. The number of hydrogen-bond donors (Lipinski definition) is 1. The van der Waals surface area contributed by atoms with Crippen molar-refractivity contribution < 1.29 is 9.41 Å². The van der Waals surface area contributed by atoms with Crippen LogP contribution in [0, 0.1) is 21.4 Å². The SMILES string of the molecule is N#Cc1cc([N+](=O)[O-])cc(Cl)c1N=Nc1ccc(CCNCC[N+]23CCN(CC2)CC3)cc1Cl. The molecule has 0 spiro atoms. The molecule has 178 valence electrons. The molecule has 0 atom stereocenters. The van der Waals surface area contributed by atoms with Crippen molar-refractivity contribution in [2.75, 3.05) is 58.9 Å². The van der Waals surface area contributed by atoms with Gasteiger partial charge < -0.3 is 9.80 Å². The molecule has 0 aliphatic carbocycles. The van der Waals surface area contributed by atoms with E-state index in [4.69, 9.17) is 23.2 Å². The molecule has 0 saturated carbocycles. The lowest BCUT2D eigenvalue weighted by Gasteiger charge is -2.50. The normalized spacial score (nSPS) is 21.6. The summed E-state index contributed by atoms with van der Waals surface area (Å²) in [5.41, 5.74) is 1.27. The number of azo groups is 1. The maximum atomic E-state index is 11.0. The van der Waals surface area contributed by atoms with Crippen LogP contribution in [0.5, 0.6) is 0 Å². The van der Waals surface area contributed by atoms with Crippen LogP contribution < -0.4 is 5.32 Å². The van der Waals surface area contributed by atoms with Crippen molar-refractivity contribution in [2.24, 2.45) is 10.2 Å². The van der Waals surface area contributed by atoms with E-state index in [1.54, 1.807) is 6.07 Å². The Hall–Kier alpha value is -2.61. The molecule has 0 unspecified atom stereocenters. The Labute approximate surface area is 208 Å². The van der Waals surface area contributed by atoms with Crippen LogP contribution in [0.4, 0.5) is 17.1 Å². The highest BCUT2D eigenvalue weighted by Gasteiger charge is 2.37. The maximum Gasteiger partial charge on any atom is 0.272 e. The van der Waals surface area contributed by atoms with Crippen molar-refractivity contribution in [1.29, 1.82) is 5.26 Å². The van der Waals surface area contributed by atoms with Crippen molar-refractivity contribution in [3.8, 4) is 6.07 Å². The fourth-order valence-electron chi connectivity index (χ4n) is 4.51. The number of nitro groups is 1. The second kappa shape index (κ2) is 10.8. The third-order valence-corrected chi connectivity index (χ3v) is 7.27. The number of nitrogens with zero attached hydrogens (tertiary/aromatic N) is 6. The Morgan fingerprint density at radius 3 is 2.47 bits per heavy atom. The minimum atomic E-state index is -0.616. The van der Waals surface area contributed by atoms with E-state index in [2.05, 4.69) is 20.4 Å². The van der Waals surface area contributed by atoms with Gasteiger partial charge in [-0.1, -0.05) is 29.3 Å². The van der Waals surface area contributed by atoms with Crippen LogP contribution in [0.1, 0.15) is 11.1 Å². The van der Waals surface area contributed by atoms with Crippen LogP contribution in [-0.2, 0) is 6.42 Å². The summed E-state index contributed by atoms with van der Waals surface area (Å²) >= 11 is 12.5. The number of rotatable bonds is 9. The van der Waals surface area contributed by atoms with Gasteiger partial charge in [0.2, 0.25) is 0 Å². The molecule has 2 aromatic rings. The quantitative estimate of drug-likeness (QED) is 0.179. The number of nitrogens with one attached hydrogen (secondary N) is 1. The molecular weight excluding hydrogens is 477 g/mol. The van der Waals surface area contributed by atoms with Gasteiger partial charge in [0, 0.05) is 38.3 Å². The maximum absolute atomic E-state index is 11.0. The Balaban J connectivity index is 1.31. The van der Waals surface area contributed by atoms with E-state index in [-0.39, 0.29) is 22.0 Å². The van der Waals surface area contributed by atoms with Crippen LogP contribution in [0.25, 0.3) is 0 Å². The minimum absolute atomic E-state index is 0.0229. The van der Waals surface area contributed by atoms with Crippen molar-refractivity contribution in [2.45, 2.75) is 6.42 Å². The molecule has 3 saturated heterocycles. The zero-order valence-electron chi connectivity index (χ0n) is 18.7. The Morgan fingerprint density at radius 1 is 1.09 bits per heavy atom. The molecule has 0 radical (unpaired) electrons. The summed E-state index contributed by atoms with van der Waals surface area (Å²) in [5.74, 6) is 0. The summed E-state index contributed by atoms with van der Waals surface area (Å²) in [4.78, 5) is 12.9. The Kier molecular flexibility index (Phi) is 7.76. The fraction of sp³-hybridized carbons (Fsp3) is 0.435. The monoisotopic (exact) mass is 502 g/mol. The zero-order chi connectivity index (χ0) is 24.1. The molecule has 3 fully saturated rings. The molecule has 3 heterocycles. The summed E-state index contributed by atoms with van der Waals surface area (Å²) < 4.78 is 1.25. The predicted octanol–water partition coefficient (Wildman–Crippen LogP) is 4.47. The van der Waals surface area contributed by atoms with Gasteiger partial charge in [-0.15, -0.1) is 10.2 Å². The number of piperazine rings is 3. The topological polar surface area (TPSA) is 107 Å². The standard InChI is InChI=1S/C23H26Cl2N7O2/c24-20-13-17(3-4-27-5-9-32-10-6-30(7-11-32)8-12-32)1-2-22(20)28-29-23-18(16-26)14-19(31(33)34)15-21(23)25/h1-2,13-15,27H,3-12H2/q+1. The number of hydrogen-bond acceptors (Lipinski definition) is 7. The average Bonchev–Trinajstić information content (AvgIpc) is 2.84. The van der Waals surface area contributed by atoms with Crippen LogP contribution in [0.3, 0.4) is 0 Å². The lowest BCUT2D eigenvalue weighted by molar-refractivity contribution is -0.939. The first-order valence-electron chi connectivity index (χ1n) is 11.3. The lowest BCUT2D eigenvalue weighted by Crippen LogP contribution is -2.68. The highest BCUT2D eigenvalue weighted by Crippen LogP contribution is 2.35. The number of non-ortho nitro benzene ring substituents is 1. The van der Waals surface area contributed by atoms with Crippen LogP contribution in [0.2, 0.25) is 10.0 Å². The van der Waals surface area contributed by atoms with Crippen molar-refractivity contribution >= 4 is 40.3 Å². The third-order valence-electron chi connectivity index (χ3n) is 6.67. The summed E-state index contributed by atoms with van der Waals surface area (Å²) in [5, 5.41) is 32.4. The molecule has 1 N–H and O–H groups in total. The van der Waals surface area contributed by atoms with E-state index >= 15 is 0 Å². The number of nitro benzene ring substituents is 1. The van der Waals surface area contributed by atoms with Gasteiger partial charge in [0.05, 0.1) is 46.7 Å². The molecule has 3 aliphatic heterocycles. The van der Waals surface area contributed by atoms with Crippen molar-refractivity contribution in [1.82, 2.24) is 10.2 Å². The van der Waals surface area contributed by atoms with E-state index in [9.17, 15) is 15.4 Å². The summed E-state index contributed by atoms with van der Waals surface area (Å²) in [6.07, 6.45) is 0.845. The second-order valence-corrected chi connectivity index (χ2v) is 9.57. The van der Waals surface area contributed by atoms with Crippen molar-refractivity contribution in [3.63, 3.8) is 0 Å². The van der Waals surface area contributed by atoms with Gasteiger partial charge in [0.1, 0.15) is 17.4 Å². The molecule has 2 aromatic carbocycles. The first-order valence-corrected chi connectivity index (χ1v) is 12.0. The predicted molar refractivity (Wildman–Crippen MR) is 131 cm³/mol. The molecule has 34 heavy (non-hydrogen) atoms. The van der Waals surface area contributed by atoms with Gasteiger partial charge in [-0.3, -0.25) is 15.0 Å². The third kappa shape index (κ3) is 5.71. The van der Waals surface area contributed by atoms with Crippen molar-refractivity contribution in [3.05, 3.63) is 61.6 Å². The van der Waals surface area contributed by atoms with E-state index in [1.165, 1.54) is 50.3 Å². The summed E-state index contributed by atoms with van der Waals surface area (Å²) in [6, 6.07) is 9.69. The van der Waals surface area contributed by atoms with Crippen LogP contribution in [0.15, 0.2) is 40.6 Å². The van der Waals surface area contributed by atoms with Gasteiger partial charge in [-0.05, 0) is 30.7 Å². The Morgan fingerprint density at radius 2 is 1.82 bits per heavy atom. The van der Waals surface area contributed by atoms with E-state index in [0.29, 0.717) is 10.7 Å². The molecule has 2 bridgehead atoms. The van der Waals surface area contributed by atoms with E-state index in [0.717, 1.165) is 37.2 Å². The van der Waals surface area contributed by atoms with Gasteiger partial charge in [0.25, 0.3) is 5.69 Å². The average molecular weight is 503 g/mol. The smallest absolute Gasteiger partial charge is 0.272 e. The highest BCUT2D eigenvalue weighted by molar-refractivity contribution is 6.33. The first kappa shape index (κ1) is 24.5. The van der Waals surface area contributed by atoms with E-state index in [1.807, 2.05) is 18.2 Å². The molecule has 0 amide bonds. The number of benzene rings is 2. The molecule has 11 heteroatoms. The number of nitriles is 1. The molecule has 5 rings (SSSR count). The first-order chi connectivity index (χ1) is 16.4. The molecule has 0 aromatic heterocycles. The van der Waals surface area contributed by atoms with E-state index < -0.39 is 4.92 Å².